The van der Waals surface area contributed by atoms with E-state index in [2.05, 4.69) is 10.3 Å². The number of carboxylic acid groups (broad SMARTS) is 1. The van der Waals surface area contributed by atoms with Crippen molar-refractivity contribution in [2.75, 3.05) is 11.9 Å². The molecule has 1 fully saturated rings. The topological polar surface area (TPSA) is 71.5 Å². The summed E-state index contributed by atoms with van der Waals surface area (Å²) in [6, 6.07) is 1.79. The molecule has 1 aliphatic heterocycles. The van der Waals surface area contributed by atoms with Gasteiger partial charge >= 0.3 is 12.1 Å². The molecule has 0 saturated carbocycles. The fraction of sp³-hybridized carbons (Fsp3) is 0.500. The summed E-state index contributed by atoms with van der Waals surface area (Å²) in [5.74, 6) is -0.938. The highest BCUT2D eigenvalue weighted by atomic mass is 19.4. The van der Waals surface area contributed by atoms with Crippen LogP contribution in [0.3, 0.4) is 0 Å². The summed E-state index contributed by atoms with van der Waals surface area (Å²) >= 11 is 0. The molecule has 1 aromatic rings. The molecule has 0 aromatic carbocycles. The van der Waals surface area contributed by atoms with Crippen LogP contribution in [-0.4, -0.2) is 34.8 Å². The predicted octanol–water partition coefficient (Wildman–Crippen LogP) is 2.14. The van der Waals surface area contributed by atoms with Crippen molar-refractivity contribution in [3.63, 3.8) is 0 Å². The molecule has 2 heterocycles. The third kappa shape index (κ3) is 3.60. The Bertz CT molecular complexity index is 493. The van der Waals surface area contributed by atoms with E-state index >= 15 is 0 Å². The second kappa shape index (κ2) is 5.66. The normalized spacial score (nSPS) is 22.8. The Balaban J connectivity index is 1.90. The van der Waals surface area contributed by atoms with Crippen LogP contribution in [0.2, 0.25) is 0 Å². The smallest absolute Gasteiger partial charge is 0.416 e. The first-order valence-electron chi connectivity index (χ1n) is 6.01. The van der Waals surface area contributed by atoms with E-state index in [1.54, 1.807) is 0 Å². The number of pyridine rings is 1. The number of rotatable bonds is 4. The number of nitrogens with one attached hydrogen (secondary N) is 1. The molecule has 1 saturated heterocycles. The van der Waals surface area contributed by atoms with Crippen molar-refractivity contribution >= 4 is 11.8 Å². The van der Waals surface area contributed by atoms with E-state index in [1.165, 1.54) is 0 Å². The van der Waals surface area contributed by atoms with Crippen LogP contribution in [0.5, 0.6) is 0 Å². The minimum atomic E-state index is -4.42. The van der Waals surface area contributed by atoms with Gasteiger partial charge in [-0.1, -0.05) is 0 Å². The second-order valence-electron chi connectivity index (χ2n) is 4.47. The summed E-state index contributed by atoms with van der Waals surface area (Å²) in [5.41, 5.74) is -0.786. The average Bonchev–Trinajstić information content (AvgIpc) is 2.85. The van der Waals surface area contributed by atoms with E-state index in [0.29, 0.717) is 12.8 Å². The van der Waals surface area contributed by atoms with Gasteiger partial charge in [0, 0.05) is 12.7 Å². The van der Waals surface area contributed by atoms with E-state index in [4.69, 9.17) is 9.84 Å². The number of aliphatic carboxylic acids is 1. The lowest BCUT2D eigenvalue weighted by Gasteiger charge is -2.13. The van der Waals surface area contributed by atoms with Gasteiger partial charge in [0.05, 0.1) is 11.7 Å². The summed E-state index contributed by atoms with van der Waals surface area (Å²) in [5, 5.41) is 11.5. The van der Waals surface area contributed by atoms with E-state index in [1.807, 2.05) is 0 Å². The number of ether oxygens (including phenoxy) is 1. The molecule has 0 bridgehead atoms. The van der Waals surface area contributed by atoms with Crippen molar-refractivity contribution in [3.8, 4) is 0 Å². The Labute approximate surface area is 112 Å². The van der Waals surface area contributed by atoms with Crippen LogP contribution >= 0.6 is 0 Å². The van der Waals surface area contributed by atoms with E-state index in [9.17, 15) is 18.0 Å². The van der Waals surface area contributed by atoms with Crippen molar-refractivity contribution in [1.82, 2.24) is 4.98 Å². The number of hydrogen-bond acceptors (Lipinski definition) is 4. The lowest BCUT2D eigenvalue weighted by atomic mass is 10.2. The molecule has 1 aliphatic rings. The van der Waals surface area contributed by atoms with Gasteiger partial charge in [-0.2, -0.15) is 13.2 Å². The maximum Gasteiger partial charge on any atom is 0.416 e. The SMILES string of the molecule is O=C(O)C1CCC(CNc2cc(C(F)(F)F)ccn2)O1. The number of aromatic nitrogens is 1. The Morgan fingerprint density at radius 3 is 2.85 bits per heavy atom. The molecule has 2 unspecified atom stereocenters. The van der Waals surface area contributed by atoms with Crippen LogP contribution in [0.1, 0.15) is 18.4 Å². The van der Waals surface area contributed by atoms with Crippen molar-refractivity contribution in [2.24, 2.45) is 0 Å². The molecule has 110 valence electrons. The summed E-state index contributed by atoms with van der Waals surface area (Å²) < 4.78 is 42.7. The highest BCUT2D eigenvalue weighted by molar-refractivity contribution is 5.72. The number of nitrogens with zero attached hydrogens (tertiary/aromatic N) is 1. The van der Waals surface area contributed by atoms with Crippen LogP contribution in [-0.2, 0) is 15.7 Å². The zero-order valence-corrected chi connectivity index (χ0v) is 10.4. The van der Waals surface area contributed by atoms with Crippen LogP contribution in [0.25, 0.3) is 0 Å². The third-order valence-electron chi connectivity index (χ3n) is 2.98. The Hall–Kier alpha value is -1.83. The number of hydrogen-bond donors (Lipinski definition) is 2. The van der Waals surface area contributed by atoms with Crippen molar-refractivity contribution in [1.29, 1.82) is 0 Å². The predicted molar refractivity (Wildman–Crippen MR) is 63.3 cm³/mol. The molecule has 2 rings (SSSR count). The molecular formula is C12H13F3N2O3. The van der Waals surface area contributed by atoms with Crippen LogP contribution in [0, 0.1) is 0 Å². The summed E-state index contributed by atoms with van der Waals surface area (Å²) in [6.07, 6.45) is -3.58. The van der Waals surface area contributed by atoms with E-state index in [0.717, 1.165) is 18.3 Å². The standard InChI is InChI=1S/C12H13F3N2O3/c13-12(14,15)7-3-4-16-10(5-7)17-6-8-1-2-9(20-8)11(18)19/h3-5,8-9H,1-2,6H2,(H,16,17)(H,18,19). The van der Waals surface area contributed by atoms with Crippen molar-refractivity contribution in [2.45, 2.75) is 31.2 Å². The maximum atomic E-state index is 12.5. The van der Waals surface area contributed by atoms with Gasteiger partial charge in [-0.15, -0.1) is 0 Å². The Kier molecular flexibility index (Phi) is 4.12. The molecule has 0 radical (unpaired) electrons. The summed E-state index contributed by atoms with van der Waals surface area (Å²) in [4.78, 5) is 14.5. The average molecular weight is 290 g/mol. The first-order valence-corrected chi connectivity index (χ1v) is 6.01. The Morgan fingerprint density at radius 1 is 1.50 bits per heavy atom. The second-order valence-corrected chi connectivity index (χ2v) is 4.47. The molecule has 2 atom stereocenters. The zero-order chi connectivity index (χ0) is 14.8. The van der Waals surface area contributed by atoms with Gasteiger partial charge in [0.2, 0.25) is 0 Å². The molecule has 5 nitrogen and oxygen atoms in total. The molecule has 2 N–H and O–H groups in total. The highest BCUT2D eigenvalue weighted by Crippen LogP contribution is 2.30. The third-order valence-corrected chi connectivity index (χ3v) is 2.98. The van der Waals surface area contributed by atoms with Crippen LogP contribution in [0.4, 0.5) is 19.0 Å². The van der Waals surface area contributed by atoms with Crippen molar-refractivity contribution < 1.29 is 27.8 Å². The van der Waals surface area contributed by atoms with Gasteiger partial charge in [0.1, 0.15) is 5.82 Å². The lowest BCUT2D eigenvalue weighted by Crippen LogP contribution is -2.24. The first-order chi connectivity index (χ1) is 9.36. The van der Waals surface area contributed by atoms with Gasteiger partial charge in [-0.25, -0.2) is 9.78 Å². The molecule has 0 aliphatic carbocycles. The fourth-order valence-corrected chi connectivity index (χ4v) is 1.96. The van der Waals surface area contributed by atoms with Gasteiger partial charge in [0.15, 0.2) is 6.10 Å². The molecular weight excluding hydrogens is 277 g/mol. The quantitative estimate of drug-likeness (QED) is 0.889. The maximum absolute atomic E-state index is 12.5. The zero-order valence-electron chi connectivity index (χ0n) is 10.4. The molecule has 0 amide bonds. The molecule has 0 spiro atoms. The van der Waals surface area contributed by atoms with E-state index in [-0.39, 0.29) is 18.5 Å². The van der Waals surface area contributed by atoms with Crippen molar-refractivity contribution in [3.05, 3.63) is 23.9 Å². The first kappa shape index (κ1) is 14.6. The van der Waals surface area contributed by atoms with Crippen LogP contribution < -0.4 is 5.32 Å². The minimum Gasteiger partial charge on any atom is -0.479 e. The largest absolute Gasteiger partial charge is 0.479 e. The molecule has 8 heteroatoms. The molecule has 20 heavy (non-hydrogen) atoms. The molecule has 1 aromatic heterocycles. The lowest BCUT2D eigenvalue weighted by molar-refractivity contribution is -0.149. The minimum absolute atomic E-state index is 0.0854. The number of carbonyl (C=O) groups is 1. The number of alkyl halides is 3. The Morgan fingerprint density at radius 2 is 2.25 bits per heavy atom. The monoisotopic (exact) mass is 290 g/mol. The number of anilines is 1. The van der Waals surface area contributed by atoms with E-state index < -0.39 is 23.8 Å². The summed E-state index contributed by atoms with van der Waals surface area (Å²) in [6.45, 7) is 0.220. The van der Waals surface area contributed by atoms with Gasteiger partial charge in [-0.3, -0.25) is 0 Å². The van der Waals surface area contributed by atoms with Gasteiger partial charge < -0.3 is 15.2 Å². The van der Waals surface area contributed by atoms with Gasteiger partial charge in [0.25, 0.3) is 0 Å². The van der Waals surface area contributed by atoms with Gasteiger partial charge in [-0.05, 0) is 25.0 Å². The van der Waals surface area contributed by atoms with Crippen LogP contribution in [0.15, 0.2) is 18.3 Å². The highest BCUT2D eigenvalue weighted by Gasteiger charge is 2.32. The number of halogens is 3. The summed E-state index contributed by atoms with van der Waals surface area (Å²) in [7, 11) is 0. The fourth-order valence-electron chi connectivity index (χ4n) is 1.96. The number of carboxylic acids is 1.